The van der Waals surface area contributed by atoms with Gasteiger partial charge in [-0.25, -0.2) is 13.8 Å². The second kappa shape index (κ2) is 3.73. The number of H-pyrrole nitrogens is 1. The lowest BCUT2D eigenvalue weighted by Crippen LogP contribution is -1.87. The van der Waals surface area contributed by atoms with Gasteiger partial charge < -0.3 is 4.98 Å². The third-order valence-corrected chi connectivity index (χ3v) is 2.54. The lowest BCUT2D eigenvalue weighted by molar-refractivity contribution is 0.602. The summed E-state index contributed by atoms with van der Waals surface area (Å²) in [4.78, 5) is 6.94. The van der Waals surface area contributed by atoms with Crippen molar-refractivity contribution in [2.45, 2.75) is 6.92 Å². The van der Waals surface area contributed by atoms with Crippen LogP contribution in [-0.2, 0) is 0 Å². The average molecular weight is 273 g/mol. The number of halogens is 3. The minimum Gasteiger partial charge on any atom is -0.336 e. The Labute approximate surface area is 93.5 Å². The molecule has 0 fully saturated rings. The van der Waals surface area contributed by atoms with Crippen LogP contribution in [0.1, 0.15) is 5.82 Å². The number of imidazole rings is 1. The summed E-state index contributed by atoms with van der Waals surface area (Å²) < 4.78 is 26.9. The summed E-state index contributed by atoms with van der Waals surface area (Å²) >= 11 is 3.21. The molecule has 0 atom stereocenters. The first-order valence-electron chi connectivity index (χ1n) is 4.25. The van der Waals surface area contributed by atoms with Gasteiger partial charge in [-0.2, -0.15) is 0 Å². The number of aromatic nitrogens is 2. The van der Waals surface area contributed by atoms with E-state index in [1.807, 2.05) is 0 Å². The maximum absolute atomic E-state index is 13.4. The van der Waals surface area contributed by atoms with Crippen LogP contribution in [0.5, 0.6) is 0 Å². The summed E-state index contributed by atoms with van der Waals surface area (Å²) in [5, 5.41) is 0. The van der Waals surface area contributed by atoms with E-state index in [0.29, 0.717) is 16.1 Å². The van der Waals surface area contributed by atoms with Crippen LogP contribution in [-0.4, -0.2) is 9.97 Å². The molecular weight excluding hydrogens is 266 g/mol. The molecule has 0 saturated heterocycles. The van der Waals surface area contributed by atoms with E-state index >= 15 is 0 Å². The minimum absolute atomic E-state index is 0.145. The van der Waals surface area contributed by atoms with Gasteiger partial charge in [0.05, 0.1) is 0 Å². The molecule has 0 saturated carbocycles. The van der Waals surface area contributed by atoms with Gasteiger partial charge in [-0.1, -0.05) is 0 Å². The summed E-state index contributed by atoms with van der Waals surface area (Å²) in [7, 11) is 0. The largest absolute Gasteiger partial charge is 0.336 e. The van der Waals surface area contributed by atoms with Crippen molar-refractivity contribution in [3.05, 3.63) is 40.3 Å². The molecule has 1 heterocycles. The highest BCUT2D eigenvalue weighted by Gasteiger charge is 2.13. The molecular formula is C10H7BrF2N2. The van der Waals surface area contributed by atoms with Gasteiger partial charge in [0.1, 0.15) is 27.8 Å². The molecule has 0 aliphatic heterocycles. The number of nitrogens with zero attached hydrogens (tertiary/aromatic N) is 1. The van der Waals surface area contributed by atoms with Gasteiger partial charge in [0.2, 0.25) is 0 Å². The fourth-order valence-electron chi connectivity index (χ4n) is 1.32. The number of hydrogen-bond donors (Lipinski definition) is 1. The Morgan fingerprint density at radius 1 is 1.33 bits per heavy atom. The molecule has 0 unspecified atom stereocenters. The van der Waals surface area contributed by atoms with E-state index in [1.54, 1.807) is 6.92 Å². The Morgan fingerprint density at radius 2 is 2.07 bits per heavy atom. The maximum atomic E-state index is 13.4. The molecule has 0 amide bonds. The predicted octanol–water partition coefficient (Wildman–Crippen LogP) is 3.43. The molecule has 2 rings (SSSR count). The minimum atomic E-state index is -0.497. The maximum Gasteiger partial charge on any atom is 0.132 e. The van der Waals surface area contributed by atoms with Crippen molar-refractivity contribution in [3.63, 3.8) is 0 Å². The predicted molar refractivity (Wildman–Crippen MR) is 56.4 cm³/mol. The van der Waals surface area contributed by atoms with Gasteiger partial charge in [0.15, 0.2) is 0 Å². The molecule has 0 bridgehead atoms. The second-order valence-electron chi connectivity index (χ2n) is 3.11. The molecule has 2 nitrogen and oxygen atoms in total. The first kappa shape index (κ1) is 10.3. The van der Waals surface area contributed by atoms with Crippen LogP contribution < -0.4 is 0 Å². The Morgan fingerprint density at radius 3 is 2.67 bits per heavy atom. The van der Waals surface area contributed by atoms with Crippen molar-refractivity contribution in [1.29, 1.82) is 0 Å². The van der Waals surface area contributed by atoms with Crippen LogP contribution in [0.15, 0.2) is 22.8 Å². The highest BCUT2D eigenvalue weighted by atomic mass is 79.9. The molecule has 1 N–H and O–H groups in total. The van der Waals surface area contributed by atoms with Crippen molar-refractivity contribution in [1.82, 2.24) is 9.97 Å². The average Bonchev–Trinajstić information content (AvgIpc) is 2.50. The van der Waals surface area contributed by atoms with Gasteiger partial charge in [0.25, 0.3) is 0 Å². The summed E-state index contributed by atoms with van der Waals surface area (Å²) in [6.07, 6.45) is 0. The smallest absolute Gasteiger partial charge is 0.132 e. The Kier molecular flexibility index (Phi) is 2.56. The van der Waals surface area contributed by atoms with Gasteiger partial charge >= 0.3 is 0 Å². The van der Waals surface area contributed by atoms with Crippen molar-refractivity contribution in [3.8, 4) is 11.3 Å². The van der Waals surface area contributed by atoms with Crippen LogP contribution >= 0.6 is 15.9 Å². The van der Waals surface area contributed by atoms with Gasteiger partial charge in [0, 0.05) is 5.56 Å². The highest BCUT2D eigenvalue weighted by Crippen LogP contribution is 2.28. The fraction of sp³-hybridized carbons (Fsp3) is 0.100. The standard InChI is InChI=1S/C10H7BrF2N2/c1-5-14-9(10(11)15-5)7-4-6(12)2-3-8(7)13/h2-4H,1H3,(H,14,15). The van der Waals surface area contributed by atoms with Crippen molar-refractivity contribution >= 4 is 15.9 Å². The molecule has 1 aromatic heterocycles. The number of nitrogens with one attached hydrogen (secondary N) is 1. The van der Waals surface area contributed by atoms with Gasteiger partial charge in [-0.05, 0) is 41.1 Å². The third-order valence-electron chi connectivity index (χ3n) is 1.96. The third kappa shape index (κ3) is 1.92. The molecule has 2 aromatic rings. The van der Waals surface area contributed by atoms with E-state index in [2.05, 4.69) is 25.9 Å². The second-order valence-corrected chi connectivity index (χ2v) is 3.90. The van der Waals surface area contributed by atoms with Gasteiger partial charge in [-0.3, -0.25) is 0 Å². The van der Waals surface area contributed by atoms with Crippen molar-refractivity contribution in [2.75, 3.05) is 0 Å². The van der Waals surface area contributed by atoms with Gasteiger partial charge in [-0.15, -0.1) is 0 Å². The zero-order valence-electron chi connectivity index (χ0n) is 7.81. The van der Waals surface area contributed by atoms with Crippen molar-refractivity contribution in [2.24, 2.45) is 0 Å². The number of aryl methyl sites for hydroxylation is 1. The Balaban J connectivity index is 2.62. The number of hydrogen-bond acceptors (Lipinski definition) is 1. The summed E-state index contributed by atoms with van der Waals surface area (Å²) in [5.74, 6) is -0.344. The van der Waals surface area contributed by atoms with E-state index in [4.69, 9.17) is 0 Å². The molecule has 0 spiro atoms. The first-order valence-corrected chi connectivity index (χ1v) is 5.05. The van der Waals surface area contributed by atoms with Crippen LogP contribution in [0.4, 0.5) is 8.78 Å². The lowest BCUT2D eigenvalue weighted by Gasteiger charge is -2.00. The first-order chi connectivity index (χ1) is 7.08. The normalized spacial score (nSPS) is 10.7. The molecule has 5 heteroatoms. The summed E-state index contributed by atoms with van der Waals surface area (Å²) in [5.41, 5.74) is 0.524. The van der Waals surface area contributed by atoms with E-state index < -0.39 is 11.6 Å². The molecule has 78 valence electrons. The molecule has 15 heavy (non-hydrogen) atoms. The molecule has 0 aliphatic carbocycles. The SMILES string of the molecule is Cc1nc(-c2cc(F)ccc2F)c(Br)[nH]1. The quantitative estimate of drug-likeness (QED) is 0.847. The summed E-state index contributed by atoms with van der Waals surface area (Å²) in [6, 6.07) is 3.28. The van der Waals surface area contributed by atoms with Crippen LogP contribution in [0.25, 0.3) is 11.3 Å². The van der Waals surface area contributed by atoms with Crippen molar-refractivity contribution < 1.29 is 8.78 Å². The molecule has 0 aliphatic rings. The zero-order valence-corrected chi connectivity index (χ0v) is 9.40. The lowest BCUT2D eigenvalue weighted by atomic mass is 10.1. The van der Waals surface area contributed by atoms with Crippen LogP contribution in [0, 0.1) is 18.6 Å². The monoisotopic (exact) mass is 272 g/mol. The van der Waals surface area contributed by atoms with E-state index in [0.717, 1.165) is 18.2 Å². The Hall–Kier alpha value is -1.23. The highest BCUT2D eigenvalue weighted by molar-refractivity contribution is 9.10. The number of benzene rings is 1. The van der Waals surface area contributed by atoms with E-state index in [1.165, 1.54) is 0 Å². The topological polar surface area (TPSA) is 28.7 Å². The zero-order chi connectivity index (χ0) is 11.0. The Bertz CT molecular complexity index is 508. The molecule has 0 radical (unpaired) electrons. The number of rotatable bonds is 1. The van der Waals surface area contributed by atoms with Crippen LogP contribution in [0.2, 0.25) is 0 Å². The fourth-order valence-corrected chi connectivity index (χ4v) is 1.91. The molecule has 1 aromatic carbocycles. The summed E-state index contributed by atoms with van der Waals surface area (Å²) in [6.45, 7) is 1.74. The van der Waals surface area contributed by atoms with Crippen LogP contribution in [0.3, 0.4) is 0 Å². The number of aromatic amines is 1. The van der Waals surface area contributed by atoms with E-state index in [-0.39, 0.29) is 5.56 Å². The van der Waals surface area contributed by atoms with E-state index in [9.17, 15) is 8.78 Å².